The lowest BCUT2D eigenvalue weighted by molar-refractivity contribution is 0.114. The Bertz CT molecular complexity index is 599. The van der Waals surface area contributed by atoms with Gasteiger partial charge in [0.15, 0.2) is 0 Å². The maximum Gasteiger partial charge on any atom is 0.317 e. The molecule has 1 aromatic rings. The van der Waals surface area contributed by atoms with Crippen LogP contribution < -0.4 is 5.32 Å². The summed E-state index contributed by atoms with van der Waals surface area (Å²) in [6.07, 6.45) is 3.17. The second-order valence-electron chi connectivity index (χ2n) is 7.66. The molecule has 2 amide bonds. The van der Waals surface area contributed by atoms with E-state index < -0.39 is 0 Å². The number of rotatable bonds is 7. The molecule has 0 bridgehead atoms. The van der Waals surface area contributed by atoms with Gasteiger partial charge in [0.25, 0.3) is 0 Å². The summed E-state index contributed by atoms with van der Waals surface area (Å²) < 4.78 is 0. The SMILES string of the molecule is C[C@H](CCNC(=O)N(Cc1ccccc1Cl)C1CC1)N1CCN(C)CC1. The van der Waals surface area contributed by atoms with E-state index in [2.05, 4.69) is 29.1 Å². The zero-order valence-electron chi connectivity index (χ0n) is 16.0. The molecule has 1 saturated carbocycles. The van der Waals surface area contributed by atoms with Gasteiger partial charge in [-0.2, -0.15) is 0 Å². The summed E-state index contributed by atoms with van der Waals surface area (Å²) in [5.74, 6) is 0. The van der Waals surface area contributed by atoms with E-state index in [1.165, 1.54) is 0 Å². The van der Waals surface area contributed by atoms with Gasteiger partial charge in [-0.3, -0.25) is 4.90 Å². The minimum atomic E-state index is 0.0398. The van der Waals surface area contributed by atoms with Crippen molar-refractivity contribution in [1.29, 1.82) is 0 Å². The van der Waals surface area contributed by atoms with Crippen LogP contribution in [0.15, 0.2) is 24.3 Å². The van der Waals surface area contributed by atoms with Crippen LogP contribution in [0, 0.1) is 0 Å². The first-order valence-corrected chi connectivity index (χ1v) is 10.1. The highest BCUT2D eigenvalue weighted by atomic mass is 35.5. The van der Waals surface area contributed by atoms with Crippen LogP contribution in [0.2, 0.25) is 5.02 Å². The van der Waals surface area contributed by atoms with E-state index >= 15 is 0 Å². The summed E-state index contributed by atoms with van der Waals surface area (Å²) in [6.45, 7) is 8.06. The summed E-state index contributed by atoms with van der Waals surface area (Å²) >= 11 is 6.27. The average Bonchev–Trinajstić information content (AvgIpc) is 3.46. The smallest absolute Gasteiger partial charge is 0.317 e. The zero-order chi connectivity index (χ0) is 18.5. The van der Waals surface area contributed by atoms with Gasteiger partial charge in [-0.05, 0) is 44.9 Å². The molecule has 1 heterocycles. The molecule has 2 aliphatic rings. The molecule has 1 saturated heterocycles. The van der Waals surface area contributed by atoms with Gasteiger partial charge in [-0.1, -0.05) is 29.8 Å². The minimum Gasteiger partial charge on any atom is -0.338 e. The third-order valence-electron chi connectivity index (χ3n) is 5.55. The van der Waals surface area contributed by atoms with Crippen LogP contribution in [0.5, 0.6) is 0 Å². The van der Waals surface area contributed by atoms with E-state index in [0.717, 1.165) is 62.6 Å². The predicted octanol–water partition coefficient (Wildman–Crippen LogP) is 3.04. The maximum absolute atomic E-state index is 12.7. The largest absolute Gasteiger partial charge is 0.338 e. The molecule has 1 N–H and O–H groups in total. The molecule has 1 aromatic carbocycles. The van der Waals surface area contributed by atoms with Gasteiger partial charge >= 0.3 is 6.03 Å². The molecule has 1 aliphatic heterocycles. The number of carbonyl (C=O) groups excluding carboxylic acids is 1. The van der Waals surface area contributed by atoms with Crippen LogP contribution in [-0.4, -0.2) is 72.6 Å². The number of benzene rings is 1. The Morgan fingerprint density at radius 1 is 1.27 bits per heavy atom. The highest BCUT2D eigenvalue weighted by Crippen LogP contribution is 2.29. The van der Waals surface area contributed by atoms with E-state index in [4.69, 9.17) is 11.6 Å². The van der Waals surface area contributed by atoms with Crippen molar-refractivity contribution < 1.29 is 4.79 Å². The van der Waals surface area contributed by atoms with Gasteiger partial charge in [0.2, 0.25) is 0 Å². The fourth-order valence-corrected chi connectivity index (χ4v) is 3.69. The lowest BCUT2D eigenvalue weighted by atomic mass is 10.1. The van der Waals surface area contributed by atoms with Crippen molar-refractivity contribution in [2.75, 3.05) is 39.8 Å². The molecule has 6 heteroatoms. The van der Waals surface area contributed by atoms with Crippen molar-refractivity contribution in [2.45, 2.75) is 44.8 Å². The molecule has 1 aliphatic carbocycles. The monoisotopic (exact) mass is 378 g/mol. The van der Waals surface area contributed by atoms with E-state index in [-0.39, 0.29) is 6.03 Å². The van der Waals surface area contributed by atoms with E-state index in [1.54, 1.807) is 0 Å². The van der Waals surface area contributed by atoms with Gasteiger partial charge in [-0.25, -0.2) is 4.79 Å². The average molecular weight is 379 g/mol. The third kappa shape index (κ3) is 5.35. The molecule has 1 atom stereocenters. The molecule has 2 fully saturated rings. The zero-order valence-corrected chi connectivity index (χ0v) is 16.7. The molecule has 26 heavy (non-hydrogen) atoms. The molecule has 0 spiro atoms. The Morgan fingerprint density at radius 3 is 2.62 bits per heavy atom. The maximum atomic E-state index is 12.7. The first-order chi connectivity index (χ1) is 12.5. The van der Waals surface area contributed by atoms with E-state index in [0.29, 0.717) is 18.6 Å². The Hall–Kier alpha value is -1.30. The van der Waals surface area contributed by atoms with Gasteiger partial charge in [0.1, 0.15) is 0 Å². The molecule has 3 rings (SSSR count). The highest BCUT2D eigenvalue weighted by molar-refractivity contribution is 6.31. The molecule has 0 unspecified atom stereocenters. The van der Waals surface area contributed by atoms with Crippen molar-refractivity contribution >= 4 is 17.6 Å². The van der Waals surface area contributed by atoms with Gasteiger partial charge < -0.3 is 15.1 Å². The van der Waals surface area contributed by atoms with E-state index in [1.807, 2.05) is 29.2 Å². The Balaban J connectivity index is 1.46. The number of hydrogen-bond donors (Lipinski definition) is 1. The van der Waals surface area contributed by atoms with Crippen molar-refractivity contribution in [1.82, 2.24) is 20.0 Å². The number of urea groups is 1. The quantitative estimate of drug-likeness (QED) is 0.792. The van der Waals surface area contributed by atoms with Crippen LogP contribution in [0.25, 0.3) is 0 Å². The molecule has 0 radical (unpaired) electrons. The lowest BCUT2D eigenvalue weighted by Gasteiger charge is -2.36. The second kappa shape index (κ2) is 9.07. The number of halogens is 1. The Morgan fingerprint density at radius 2 is 1.96 bits per heavy atom. The van der Waals surface area contributed by atoms with Gasteiger partial charge in [-0.15, -0.1) is 0 Å². The van der Waals surface area contributed by atoms with Crippen molar-refractivity contribution in [3.05, 3.63) is 34.9 Å². The van der Waals surface area contributed by atoms with Crippen molar-refractivity contribution in [2.24, 2.45) is 0 Å². The second-order valence-corrected chi connectivity index (χ2v) is 8.07. The topological polar surface area (TPSA) is 38.8 Å². The fraction of sp³-hybridized carbons (Fsp3) is 0.650. The number of nitrogens with zero attached hydrogens (tertiary/aromatic N) is 3. The predicted molar refractivity (Wildman–Crippen MR) is 107 cm³/mol. The standard InChI is InChI=1S/C20H31ClN4O/c1-16(24-13-11-23(2)12-14-24)9-10-22-20(26)25(18-7-8-18)15-17-5-3-4-6-19(17)21/h3-6,16,18H,7-15H2,1-2H3,(H,22,26)/t16-/m1/s1. The number of likely N-dealkylation sites (N-methyl/N-ethyl adjacent to an activating group) is 1. The fourth-order valence-electron chi connectivity index (χ4n) is 3.50. The van der Waals surface area contributed by atoms with Crippen LogP contribution in [0.1, 0.15) is 31.7 Å². The van der Waals surface area contributed by atoms with Crippen LogP contribution in [0.3, 0.4) is 0 Å². The Labute approximate surface area is 162 Å². The summed E-state index contributed by atoms with van der Waals surface area (Å²) in [5.41, 5.74) is 1.02. The number of nitrogens with one attached hydrogen (secondary N) is 1. The third-order valence-corrected chi connectivity index (χ3v) is 5.92. The number of piperazine rings is 1. The number of amides is 2. The van der Waals surface area contributed by atoms with Crippen molar-refractivity contribution in [3.8, 4) is 0 Å². The molecular formula is C20H31ClN4O. The van der Waals surface area contributed by atoms with Crippen molar-refractivity contribution in [3.63, 3.8) is 0 Å². The number of hydrogen-bond acceptors (Lipinski definition) is 3. The van der Waals surface area contributed by atoms with Gasteiger partial charge in [0.05, 0.1) is 0 Å². The van der Waals surface area contributed by atoms with Gasteiger partial charge in [0, 0.05) is 56.4 Å². The minimum absolute atomic E-state index is 0.0398. The normalized spacial score (nSPS) is 20.0. The summed E-state index contributed by atoms with van der Waals surface area (Å²) in [7, 11) is 2.17. The summed E-state index contributed by atoms with van der Waals surface area (Å²) in [5, 5.41) is 3.86. The first kappa shape index (κ1) is 19.5. The lowest BCUT2D eigenvalue weighted by Crippen LogP contribution is -2.49. The Kier molecular flexibility index (Phi) is 6.79. The number of carbonyl (C=O) groups is 1. The first-order valence-electron chi connectivity index (χ1n) is 9.75. The van der Waals surface area contributed by atoms with Crippen LogP contribution in [-0.2, 0) is 6.54 Å². The van der Waals surface area contributed by atoms with Crippen LogP contribution in [0.4, 0.5) is 4.79 Å². The molecule has 144 valence electrons. The molecule has 0 aromatic heterocycles. The summed E-state index contributed by atoms with van der Waals surface area (Å²) in [6, 6.07) is 8.69. The molecular weight excluding hydrogens is 348 g/mol. The highest BCUT2D eigenvalue weighted by Gasteiger charge is 2.32. The van der Waals surface area contributed by atoms with E-state index in [9.17, 15) is 4.79 Å². The molecule has 5 nitrogen and oxygen atoms in total. The summed E-state index contributed by atoms with van der Waals surface area (Å²) in [4.78, 5) is 19.5. The van der Waals surface area contributed by atoms with Crippen LogP contribution >= 0.6 is 11.6 Å².